The molecule has 0 aromatic heterocycles. The first-order valence-corrected chi connectivity index (χ1v) is 11.3. The van der Waals surface area contributed by atoms with Crippen molar-refractivity contribution in [3.05, 3.63) is 99.6 Å². The van der Waals surface area contributed by atoms with E-state index in [1.807, 2.05) is 50.2 Å². The molecule has 0 aliphatic rings. The van der Waals surface area contributed by atoms with Gasteiger partial charge in [0, 0.05) is 10.9 Å². The highest BCUT2D eigenvalue weighted by Crippen LogP contribution is 2.54. The van der Waals surface area contributed by atoms with Gasteiger partial charge in [0.25, 0.3) is 0 Å². The van der Waals surface area contributed by atoms with Crippen LogP contribution in [0.15, 0.2) is 66.7 Å². The minimum atomic E-state index is -3.87. The van der Waals surface area contributed by atoms with Crippen LogP contribution >= 0.6 is 31.0 Å². The lowest BCUT2D eigenvalue weighted by Gasteiger charge is -2.23. The van der Waals surface area contributed by atoms with E-state index in [1.54, 1.807) is 37.3 Å². The van der Waals surface area contributed by atoms with E-state index in [0.29, 0.717) is 27.0 Å². The molecular formula is C23H20ClO2PS. The number of hydrogen-bond donors (Lipinski definition) is 0. The molecule has 0 heterocycles. The van der Waals surface area contributed by atoms with Gasteiger partial charge in [0.15, 0.2) is 0 Å². The minimum absolute atomic E-state index is 0.136. The second-order valence-electron chi connectivity index (χ2n) is 6.76. The molecule has 0 fully saturated rings. The van der Waals surface area contributed by atoms with Crippen molar-refractivity contribution in [2.75, 3.05) is 0 Å². The van der Waals surface area contributed by atoms with Crippen LogP contribution in [0.5, 0.6) is 0 Å². The summed E-state index contributed by atoms with van der Waals surface area (Å²) in [5, 5.41) is 0.624. The normalized spacial score (nSPS) is 13.0. The summed E-state index contributed by atoms with van der Waals surface area (Å²) in [6.07, 6.45) is 0. The molecule has 0 aliphatic heterocycles. The maximum atomic E-state index is 14.6. The summed E-state index contributed by atoms with van der Waals surface area (Å²) in [6.45, 7) is 5.49. The highest BCUT2D eigenvalue weighted by atomic mass is 35.5. The maximum Gasteiger partial charge on any atom is 0.231 e. The zero-order chi connectivity index (χ0) is 20.5. The van der Waals surface area contributed by atoms with Gasteiger partial charge in [-0.2, -0.15) is 0 Å². The molecule has 2 nitrogen and oxygen atoms in total. The molecule has 0 saturated heterocycles. The molecule has 0 aliphatic carbocycles. The van der Waals surface area contributed by atoms with Gasteiger partial charge in [0.2, 0.25) is 12.7 Å². The van der Waals surface area contributed by atoms with Crippen LogP contribution in [-0.2, 0) is 4.57 Å². The van der Waals surface area contributed by atoms with E-state index in [-0.39, 0.29) is 4.61 Å². The summed E-state index contributed by atoms with van der Waals surface area (Å²) in [7, 11) is -3.87. The summed E-state index contributed by atoms with van der Waals surface area (Å²) in [6, 6.07) is 19.8. The molecule has 5 heteroatoms. The van der Waals surface area contributed by atoms with Gasteiger partial charge in [0.1, 0.15) is 0 Å². The van der Waals surface area contributed by atoms with Crippen LogP contribution in [0.1, 0.15) is 32.6 Å². The van der Waals surface area contributed by atoms with Crippen molar-refractivity contribution < 1.29 is 9.36 Å². The summed E-state index contributed by atoms with van der Waals surface area (Å²) in [5.74, 6) is 0. The van der Waals surface area contributed by atoms with E-state index in [2.05, 4.69) is 0 Å². The van der Waals surface area contributed by atoms with E-state index in [0.717, 1.165) is 11.1 Å². The van der Waals surface area contributed by atoms with Crippen molar-refractivity contribution >= 4 is 46.4 Å². The average Bonchev–Trinajstić information content (AvgIpc) is 2.67. The summed E-state index contributed by atoms with van der Waals surface area (Å²) >= 11 is 12.1. The third-order valence-electron chi connectivity index (χ3n) is 4.79. The highest BCUT2D eigenvalue weighted by molar-refractivity contribution is 8.13. The molecule has 0 amide bonds. The third kappa shape index (κ3) is 3.51. The van der Waals surface area contributed by atoms with Crippen LogP contribution in [0, 0.1) is 20.8 Å². The molecule has 1 atom stereocenters. The van der Waals surface area contributed by atoms with Crippen molar-refractivity contribution in [3.8, 4) is 0 Å². The van der Waals surface area contributed by atoms with Crippen molar-refractivity contribution in [1.82, 2.24) is 0 Å². The lowest BCUT2D eigenvalue weighted by molar-refractivity contribution is 0.107. The number of aryl methyl sites for hydroxylation is 3. The van der Waals surface area contributed by atoms with Crippen molar-refractivity contribution in [3.63, 3.8) is 0 Å². The third-order valence-corrected chi connectivity index (χ3v) is 9.09. The van der Waals surface area contributed by atoms with Gasteiger partial charge in [-0.15, -0.1) is 0 Å². The number of rotatable bonds is 5. The van der Waals surface area contributed by atoms with Gasteiger partial charge in [-0.25, -0.2) is 0 Å². The number of halogens is 1. The van der Waals surface area contributed by atoms with Crippen molar-refractivity contribution in [2.24, 2.45) is 0 Å². The lowest BCUT2D eigenvalue weighted by atomic mass is 10.0. The standard InChI is InChI=1S/C23H20ClO2PS/c1-15-9-7-10-16(2)20(15)22(25)27(26,21-17(3)11-8-14-19(21)24)23(28)18-12-5-4-6-13-18/h4-14H,1-3H3. The zero-order valence-electron chi connectivity index (χ0n) is 15.9. The van der Waals surface area contributed by atoms with Crippen LogP contribution in [0.25, 0.3) is 0 Å². The van der Waals surface area contributed by atoms with Gasteiger partial charge in [0.05, 0.1) is 9.63 Å². The molecule has 0 saturated carbocycles. The SMILES string of the molecule is Cc1cccc(C)c1C(=O)P(=O)(C(=S)c1ccccc1)c1c(C)cccc1Cl. The molecule has 3 aromatic carbocycles. The average molecular weight is 427 g/mol. The van der Waals surface area contributed by atoms with E-state index in [4.69, 9.17) is 23.8 Å². The smallest absolute Gasteiger partial charge is 0.231 e. The Labute approximate surface area is 175 Å². The van der Waals surface area contributed by atoms with Gasteiger partial charge < -0.3 is 4.57 Å². The molecule has 28 heavy (non-hydrogen) atoms. The monoisotopic (exact) mass is 426 g/mol. The predicted octanol–water partition coefficient (Wildman–Crippen LogP) is 6.47. The molecule has 0 bridgehead atoms. The van der Waals surface area contributed by atoms with Crippen LogP contribution in [0.3, 0.4) is 0 Å². The Morgan fingerprint density at radius 1 is 0.821 bits per heavy atom. The molecule has 142 valence electrons. The Bertz CT molecular complexity index is 1080. The van der Waals surface area contributed by atoms with E-state index in [9.17, 15) is 9.36 Å². The van der Waals surface area contributed by atoms with E-state index >= 15 is 0 Å². The first-order valence-electron chi connectivity index (χ1n) is 8.85. The molecule has 0 spiro atoms. The first kappa shape index (κ1) is 20.7. The van der Waals surface area contributed by atoms with Gasteiger partial charge in [-0.1, -0.05) is 84.5 Å². The second kappa shape index (κ2) is 8.13. The van der Waals surface area contributed by atoms with Gasteiger partial charge >= 0.3 is 0 Å². The summed E-state index contributed by atoms with van der Waals surface area (Å²) in [5.41, 5.74) is 2.81. The second-order valence-corrected chi connectivity index (χ2v) is 10.4. The maximum absolute atomic E-state index is 14.6. The molecular weight excluding hydrogens is 407 g/mol. The zero-order valence-corrected chi connectivity index (χ0v) is 18.4. The number of carbonyl (C=O) groups excluding carboxylic acids is 1. The summed E-state index contributed by atoms with van der Waals surface area (Å²) in [4.78, 5) is 13.8. The Balaban J connectivity index is 2.34. The Kier molecular flexibility index (Phi) is 6.00. The van der Waals surface area contributed by atoms with Crippen molar-refractivity contribution in [1.29, 1.82) is 0 Å². The van der Waals surface area contributed by atoms with Crippen LogP contribution in [-0.4, -0.2) is 10.1 Å². The van der Waals surface area contributed by atoms with Gasteiger partial charge in [-0.05, 0) is 49.1 Å². The fourth-order valence-electron chi connectivity index (χ4n) is 3.39. The molecule has 1 unspecified atom stereocenters. The quantitative estimate of drug-likeness (QED) is 0.346. The predicted molar refractivity (Wildman–Crippen MR) is 122 cm³/mol. The highest BCUT2D eigenvalue weighted by Gasteiger charge is 2.43. The minimum Gasteiger partial charge on any atom is -0.304 e. The Hall–Kier alpha value is -2.06. The van der Waals surface area contributed by atoms with E-state index < -0.39 is 12.7 Å². The Morgan fingerprint density at radius 3 is 1.93 bits per heavy atom. The number of carbonyl (C=O) groups is 1. The topological polar surface area (TPSA) is 34.1 Å². The molecule has 0 radical (unpaired) electrons. The Morgan fingerprint density at radius 2 is 1.36 bits per heavy atom. The largest absolute Gasteiger partial charge is 0.304 e. The van der Waals surface area contributed by atoms with E-state index in [1.165, 1.54) is 0 Å². The fourth-order valence-corrected chi connectivity index (χ4v) is 7.34. The number of benzene rings is 3. The summed E-state index contributed by atoms with van der Waals surface area (Å²) < 4.78 is 14.7. The molecule has 0 N–H and O–H groups in total. The molecule has 3 aromatic rings. The van der Waals surface area contributed by atoms with Crippen LogP contribution in [0.2, 0.25) is 5.02 Å². The van der Waals surface area contributed by atoms with Crippen molar-refractivity contribution in [2.45, 2.75) is 20.8 Å². The van der Waals surface area contributed by atoms with Crippen LogP contribution in [0.4, 0.5) is 0 Å². The fraction of sp³-hybridized carbons (Fsp3) is 0.130. The van der Waals surface area contributed by atoms with Crippen LogP contribution < -0.4 is 5.30 Å². The molecule has 3 rings (SSSR count). The lowest BCUT2D eigenvalue weighted by Crippen LogP contribution is -2.24. The first-order chi connectivity index (χ1) is 13.3. The van der Waals surface area contributed by atoms with Gasteiger partial charge in [-0.3, -0.25) is 4.79 Å². The number of hydrogen-bond acceptors (Lipinski definition) is 3. The number of thiocarbonyl (C=S) groups is 1.